The number of rotatable bonds is 5. The second kappa shape index (κ2) is 6.13. The van der Waals surface area contributed by atoms with Gasteiger partial charge in [-0.25, -0.2) is 0 Å². The van der Waals surface area contributed by atoms with Gasteiger partial charge >= 0.3 is 0 Å². The van der Waals surface area contributed by atoms with E-state index < -0.39 is 0 Å². The molecule has 0 heterocycles. The molecule has 1 rings (SSSR count). The summed E-state index contributed by atoms with van der Waals surface area (Å²) in [6.45, 7) is 1.99. The Hall–Kier alpha value is -0.380. The van der Waals surface area contributed by atoms with Crippen molar-refractivity contribution in [3.8, 4) is 0 Å². The Kier molecular flexibility index (Phi) is 5.05. The van der Waals surface area contributed by atoms with Gasteiger partial charge in [-0.1, -0.05) is 28.1 Å². The fourth-order valence-corrected chi connectivity index (χ4v) is 1.30. The van der Waals surface area contributed by atoms with Crippen LogP contribution in [0.2, 0.25) is 0 Å². The highest BCUT2D eigenvalue weighted by molar-refractivity contribution is 9.10. The second-order valence-corrected chi connectivity index (χ2v) is 3.80. The van der Waals surface area contributed by atoms with E-state index in [-0.39, 0.29) is 6.61 Å². The molecule has 0 bridgehead atoms. The summed E-state index contributed by atoms with van der Waals surface area (Å²) in [4.78, 5) is 0. The number of nitrogens with one attached hydrogen (secondary N) is 1. The van der Waals surface area contributed by atoms with Crippen LogP contribution in [0.1, 0.15) is 12.0 Å². The van der Waals surface area contributed by atoms with E-state index in [2.05, 4.69) is 33.4 Å². The molecule has 0 unspecified atom stereocenters. The Labute approximate surface area is 87.1 Å². The summed E-state index contributed by atoms with van der Waals surface area (Å²) < 4.78 is 1.10. The Morgan fingerprint density at radius 3 is 2.54 bits per heavy atom. The van der Waals surface area contributed by atoms with Gasteiger partial charge in [-0.3, -0.25) is 0 Å². The molecule has 0 amide bonds. The van der Waals surface area contributed by atoms with Crippen molar-refractivity contribution in [1.29, 1.82) is 0 Å². The van der Waals surface area contributed by atoms with Crippen LogP contribution in [0, 0.1) is 0 Å². The molecule has 72 valence electrons. The third-order valence-corrected chi connectivity index (χ3v) is 2.28. The summed E-state index contributed by atoms with van der Waals surface area (Å²) in [5.74, 6) is 0. The minimum atomic E-state index is 0.257. The van der Waals surface area contributed by atoms with Crippen LogP contribution in [0.3, 0.4) is 0 Å². The van der Waals surface area contributed by atoms with Gasteiger partial charge in [0.2, 0.25) is 0 Å². The highest BCUT2D eigenvalue weighted by Crippen LogP contribution is 2.09. The number of aliphatic hydroxyl groups excluding tert-OH is 1. The number of aliphatic hydroxyl groups is 1. The quantitative estimate of drug-likeness (QED) is 0.775. The van der Waals surface area contributed by atoms with Crippen molar-refractivity contribution in [2.24, 2.45) is 0 Å². The van der Waals surface area contributed by atoms with Crippen molar-refractivity contribution in [2.45, 2.75) is 13.0 Å². The maximum Gasteiger partial charge on any atom is 0.0443 e. The van der Waals surface area contributed by atoms with E-state index in [4.69, 9.17) is 5.11 Å². The molecule has 0 aliphatic heterocycles. The topological polar surface area (TPSA) is 32.3 Å². The average molecular weight is 244 g/mol. The normalized spacial score (nSPS) is 10.3. The predicted molar refractivity (Wildman–Crippen MR) is 57.6 cm³/mol. The van der Waals surface area contributed by atoms with E-state index in [1.54, 1.807) is 0 Å². The van der Waals surface area contributed by atoms with Gasteiger partial charge in [0.1, 0.15) is 0 Å². The maximum atomic E-state index is 8.55. The lowest BCUT2D eigenvalue weighted by atomic mass is 10.2. The van der Waals surface area contributed by atoms with E-state index >= 15 is 0 Å². The smallest absolute Gasteiger partial charge is 0.0443 e. The van der Waals surface area contributed by atoms with Gasteiger partial charge in [-0.15, -0.1) is 0 Å². The van der Waals surface area contributed by atoms with Crippen LogP contribution in [0.4, 0.5) is 0 Å². The summed E-state index contributed by atoms with van der Waals surface area (Å²) in [6.07, 6.45) is 0.816. The van der Waals surface area contributed by atoms with E-state index in [1.807, 2.05) is 12.1 Å². The zero-order chi connectivity index (χ0) is 9.52. The second-order valence-electron chi connectivity index (χ2n) is 2.88. The average Bonchev–Trinajstić information content (AvgIpc) is 2.15. The molecule has 0 saturated heterocycles. The number of benzene rings is 1. The van der Waals surface area contributed by atoms with Crippen molar-refractivity contribution in [2.75, 3.05) is 13.2 Å². The van der Waals surface area contributed by atoms with Crippen LogP contribution in [-0.4, -0.2) is 18.3 Å². The van der Waals surface area contributed by atoms with Gasteiger partial charge in [-0.05, 0) is 30.7 Å². The van der Waals surface area contributed by atoms with Crippen LogP contribution in [-0.2, 0) is 6.54 Å². The Morgan fingerprint density at radius 2 is 1.92 bits per heavy atom. The van der Waals surface area contributed by atoms with Crippen LogP contribution >= 0.6 is 15.9 Å². The highest BCUT2D eigenvalue weighted by Gasteiger charge is 1.91. The highest BCUT2D eigenvalue weighted by atomic mass is 79.9. The number of hydrogen-bond acceptors (Lipinski definition) is 2. The Bertz CT molecular complexity index is 235. The molecule has 1 aromatic rings. The first-order valence-electron chi connectivity index (χ1n) is 4.39. The van der Waals surface area contributed by atoms with Gasteiger partial charge in [0.05, 0.1) is 0 Å². The molecule has 0 saturated carbocycles. The molecule has 0 spiro atoms. The first-order chi connectivity index (χ1) is 6.33. The van der Waals surface area contributed by atoms with Crippen molar-refractivity contribution in [3.05, 3.63) is 34.3 Å². The molecule has 0 atom stereocenters. The first-order valence-corrected chi connectivity index (χ1v) is 5.18. The maximum absolute atomic E-state index is 8.55. The fraction of sp³-hybridized carbons (Fsp3) is 0.400. The van der Waals surface area contributed by atoms with Gasteiger partial charge in [0.25, 0.3) is 0 Å². The molecule has 0 aromatic heterocycles. The van der Waals surface area contributed by atoms with E-state index in [0.29, 0.717) is 0 Å². The van der Waals surface area contributed by atoms with Gasteiger partial charge in [0, 0.05) is 17.6 Å². The largest absolute Gasteiger partial charge is 0.396 e. The number of hydrogen-bond donors (Lipinski definition) is 2. The summed E-state index contributed by atoms with van der Waals surface area (Å²) in [7, 11) is 0. The third-order valence-electron chi connectivity index (χ3n) is 1.75. The lowest BCUT2D eigenvalue weighted by Gasteiger charge is -2.03. The lowest BCUT2D eigenvalue weighted by molar-refractivity contribution is 0.286. The minimum absolute atomic E-state index is 0.257. The molecule has 0 aliphatic rings. The monoisotopic (exact) mass is 243 g/mol. The molecule has 0 aliphatic carbocycles. The van der Waals surface area contributed by atoms with Crippen LogP contribution < -0.4 is 5.32 Å². The number of halogens is 1. The van der Waals surface area contributed by atoms with Crippen molar-refractivity contribution >= 4 is 15.9 Å². The minimum Gasteiger partial charge on any atom is -0.396 e. The Morgan fingerprint density at radius 1 is 1.23 bits per heavy atom. The first kappa shape index (κ1) is 10.7. The van der Waals surface area contributed by atoms with Crippen LogP contribution in [0.5, 0.6) is 0 Å². The van der Waals surface area contributed by atoms with Crippen LogP contribution in [0.25, 0.3) is 0 Å². The summed E-state index contributed by atoms with van der Waals surface area (Å²) in [5.41, 5.74) is 1.26. The zero-order valence-corrected chi connectivity index (χ0v) is 9.05. The summed E-state index contributed by atoms with van der Waals surface area (Å²) in [6, 6.07) is 8.22. The molecule has 13 heavy (non-hydrogen) atoms. The molecule has 0 fully saturated rings. The zero-order valence-electron chi connectivity index (χ0n) is 7.46. The molecule has 1 aromatic carbocycles. The fourth-order valence-electron chi connectivity index (χ4n) is 1.04. The van der Waals surface area contributed by atoms with E-state index in [1.165, 1.54) is 5.56 Å². The van der Waals surface area contributed by atoms with Crippen molar-refractivity contribution in [1.82, 2.24) is 5.32 Å². The third kappa shape index (κ3) is 4.41. The molecule has 0 radical (unpaired) electrons. The van der Waals surface area contributed by atoms with Gasteiger partial charge in [-0.2, -0.15) is 0 Å². The summed E-state index contributed by atoms with van der Waals surface area (Å²) in [5, 5.41) is 11.8. The van der Waals surface area contributed by atoms with Gasteiger partial charge in [0.15, 0.2) is 0 Å². The lowest BCUT2D eigenvalue weighted by Crippen LogP contribution is -2.15. The molecule has 3 heteroatoms. The molecule has 2 N–H and O–H groups in total. The molecular formula is C10H14BrNO. The summed E-state index contributed by atoms with van der Waals surface area (Å²) >= 11 is 3.39. The molecular weight excluding hydrogens is 230 g/mol. The van der Waals surface area contributed by atoms with Crippen LogP contribution in [0.15, 0.2) is 28.7 Å². The van der Waals surface area contributed by atoms with Crippen molar-refractivity contribution < 1.29 is 5.11 Å². The SMILES string of the molecule is OCCCNCc1ccc(Br)cc1. The molecule has 2 nitrogen and oxygen atoms in total. The predicted octanol–water partition coefficient (Wildman–Crippen LogP) is 1.92. The van der Waals surface area contributed by atoms with E-state index in [0.717, 1.165) is 24.0 Å². The Balaban J connectivity index is 2.25. The van der Waals surface area contributed by atoms with E-state index in [9.17, 15) is 0 Å². The van der Waals surface area contributed by atoms with Gasteiger partial charge < -0.3 is 10.4 Å². The standard InChI is InChI=1S/C10H14BrNO/c11-10-4-2-9(3-5-10)8-12-6-1-7-13/h2-5,12-13H,1,6-8H2. The van der Waals surface area contributed by atoms with Crippen molar-refractivity contribution in [3.63, 3.8) is 0 Å².